The number of nitrogens with one attached hydrogen (secondary N) is 3. The summed E-state index contributed by atoms with van der Waals surface area (Å²) in [5.41, 5.74) is 3.83. The summed E-state index contributed by atoms with van der Waals surface area (Å²) >= 11 is 0. The first kappa shape index (κ1) is 27.3. The van der Waals surface area contributed by atoms with E-state index in [0.29, 0.717) is 42.1 Å². The first-order chi connectivity index (χ1) is 19.2. The normalized spacial score (nSPS) is 18.2. The number of hydrogen-bond donors (Lipinski definition) is 3. The minimum Gasteiger partial charge on any atom is -0.348 e. The molecule has 0 unspecified atom stereocenters. The molecule has 208 valence electrons. The van der Waals surface area contributed by atoms with Gasteiger partial charge in [-0.25, -0.2) is 9.97 Å². The van der Waals surface area contributed by atoms with Crippen molar-refractivity contribution in [1.29, 1.82) is 0 Å². The second kappa shape index (κ2) is 11.4. The Hall–Kier alpha value is -4.31. The van der Waals surface area contributed by atoms with Crippen molar-refractivity contribution in [2.45, 2.75) is 45.6 Å². The van der Waals surface area contributed by atoms with Crippen molar-refractivity contribution < 1.29 is 9.59 Å². The van der Waals surface area contributed by atoms with E-state index in [1.807, 2.05) is 24.3 Å². The van der Waals surface area contributed by atoms with Gasteiger partial charge in [0.25, 0.3) is 5.91 Å². The van der Waals surface area contributed by atoms with Crippen molar-refractivity contribution in [2.75, 3.05) is 42.2 Å². The largest absolute Gasteiger partial charge is 0.348 e. The highest BCUT2D eigenvalue weighted by molar-refractivity contribution is 5.99. The molecule has 0 atom stereocenters. The number of amides is 2. The smallest absolute Gasteiger partial charge is 0.256 e. The van der Waals surface area contributed by atoms with Crippen LogP contribution >= 0.6 is 0 Å². The monoisotopic (exact) mass is 540 g/mol. The minimum atomic E-state index is -0.297. The fourth-order valence-electron chi connectivity index (χ4n) is 5.41. The number of allylic oxidation sites excluding steroid dienone is 1. The third-order valence-electron chi connectivity index (χ3n) is 7.17. The lowest BCUT2D eigenvalue weighted by Crippen LogP contribution is -2.39. The molecular formula is C30H36N8O2. The van der Waals surface area contributed by atoms with E-state index in [4.69, 9.17) is 0 Å². The molecule has 40 heavy (non-hydrogen) atoms. The van der Waals surface area contributed by atoms with Crippen LogP contribution in [-0.4, -0.2) is 58.3 Å². The number of pyridine rings is 1. The molecule has 1 aromatic carbocycles. The predicted molar refractivity (Wildman–Crippen MR) is 157 cm³/mol. The van der Waals surface area contributed by atoms with E-state index in [1.54, 1.807) is 17.0 Å². The van der Waals surface area contributed by atoms with Crippen molar-refractivity contribution in [1.82, 2.24) is 25.2 Å². The maximum atomic E-state index is 13.1. The van der Waals surface area contributed by atoms with Gasteiger partial charge in [0.15, 0.2) is 0 Å². The predicted octanol–water partition coefficient (Wildman–Crippen LogP) is 4.51. The van der Waals surface area contributed by atoms with Crippen LogP contribution in [0.25, 0.3) is 0 Å². The van der Waals surface area contributed by atoms with Crippen LogP contribution in [0.1, 0.15) is 55.1 Å². The van der Waals surface area contributed by atoms with Gasteiger partial charge in [-0.3, -0.25) is 14.5 Å². The number of anilines is 5. The van der Waals surface area contributed by atoms with E-state index >= 15 is 0 Å². The maximum absolute atomic E-state index is 13.1. The molecule has 2 amide bonds. The van der Waals surface area contributed by atoms with Gasteiger partial charge in [-0.1, -0.05) is 38.1 Å². The highest BCUT2D eigenvalue weighted by Crippen LogP contribution is 2.34. The second-order valence-electron chi connectivity index (χ2n) is 11.0. The lowest BCUT2D eigenvalue weighted by molar-refractivity contribution is -0.116. The summed E-state index contributed by atoms with van der Waals surface area (Å²) in [6, 6.07) is 11.7. The fourth-order valence-corrected chi connectivity index (χ4v) is 5.41. The number of benzene rings is 1. The highest BCUT2D eigenvalue weighted by Gasteiger charge is 2.30. The molecule has 2 aliphatic rings. The maximum Gasteiger partial charge on any atom is 0.256 e. The highest BCUT2D eigenvalue weighted by atomic mass is 16.2. The van der Waals surface area contributed by atoms with Crippen LogP contribution in [0.4, 0.5) is 29.1 Å². The zero-order valence-electron chi connectivity index (χ0n) is 23.5. The van der Waals surface area contributed by atoms with Gasteiger partial charge in [0.2, 0.25) is 11.9 Å². The molecule has 0 saturated carbocycles. The molecule has 0 saturated heterocycles. The number of carbonyl (C=O) groups is 2. The Morgan fingerprint density at radius 3 is 2.80 bits per heavy atom. The Morgan fingerprint density at radius 1 is 1.12 bits per heavy atom. The lowest BCUT2D eigenvalue weighted by atomic mass is 9.78. The molecule has 0 radical (unpaired) electrons. The van der Waals surface area contributed by atoms with Crippen LogP contribution in [0.5, 0.6) is 0 Å². The van der Waals surface area contributed by atoms with E-state index in [2.05, 4.69) is 68.8 Å². The molecule has 10 nitrogen and oxygen atoms in total. The third kappa shape index (κ3) is 6.12. The standard InChI is InChI=1S/C30H36N8O2/c1-20(39)38-15-8-6-5-7-14-31-28(40)23-17-32-29(36-27(23)35-25-10-9-11-26(38)34-25)33-22-12-13-24-21(16-22)18-37(4)19-30(24,2)3/h5,7,9-13,16-17H,6,8,14-15,18-19H2,1-4H3,(H,31,40)(H2,32,33,34,35,36)/b7-5-. The van der Waals surface area contributed by atoms with Crippen LogP contribution in [0.15, 0.2) is 54.7 Å². The van der Waals surface area contributed by atoms with Crippen LogP contribution in [0.2, 0.25) is 0 Å². The quantitative estimate of drug-likeness (QED) is 0.407. The first-order valence-corrected chi connectivity index (χ1v) is 13.6. The number of nitrogens with zero attached hydrogens (tertiary/aromatic N) is 5. The van der Waals surface area contributed by atoms with E-state index in [0.717, 1.165) is 31.6 Å². The Bertz CT molecular complexity index is 1450. The van der Waals surface area contributed by atoms with Gasteiger partial charge in [0, 0.05) is 50.4 Å². The Labute approximate surface area is 234 Å². The molecule has 0 fully saturated rings. The van der Waals surface area contributed by atoms with Crippen molar-refractivity contribution in [3.05, 3.63) is 71.4 Å². The zero-order valence-corrected chi connectivity index (χ0v) is 23.5. The van der Waals surface area contributed by atoms with Crippen LogP contribution < -0.4 is 20.9 Å². The van der Waals surface area contributed by atoms with Gasteiger partial charge in [-0.15, -0.1) is 0 Å². The van der Waals surface area contributed by atoms with Gasteiger partial charge in [-0.05, 0) is 55.3 Å². The molecule has 10 heteroatoms. The van der Waals surface area contributed by atoms with Crippen LogP contribution in [-0.2, 0) is 16.8 Å². The SMILES string of the molecule is CC(=O)N1CCC/C=C\CNC(=O)c2cnc(Nc3ccc4c(c3)CN(C)CC4(C)C)nc2Nc2cccc1n2. The number of likely N-dealkylation sites (N-methyl/N-ethyl adjacent to an activating group) is 1. The molecule has 5 rings (SSSR count). The summed E-state index contributed by atoms with van der Waals surface area (Å²) in [5.74, 6) is 1.29. The fraction of sp³-hybridized carbons (Fsp3) is 0.367. The van der Waals surface area contributed by atoms with Crippen LogP contribution in [0.3, 0.4) is 0 Å². The van der Waals surface area contributed by atoms with E-state index in [-0.39, 0.29) is 17.2 Å². The van der Waals surface area contributed by atoms with E-state index in [9.17, 15) is 9.59 Å². The second-order valence-corrected chi connectivity index (χ2v) is 11.0. The average Bonchev–Trinajstić information content (AvgIpc) is 2.89. The third-order valence-corrected chi connectivity index (χ3v) is 7.17. The van der Waals surface area contributed by atoms with Crippen molar-refractivity contribution in [2.24, 2.45) is 0 Å². The molecule has 4 heterocycles. The number of hydrogen-bond acceptors (Lipinski definition) is 8. The molecule has 0 spiro atoms. The summed E-state index contributed by atoms with van der Waals surface area (Å²) in [4.78, 5) is 43.2. The van der Waals surface area contributed by atoms with E-state index < -0.39 is 0 Å². The first-order valence-electron chi connectivity index (χ1n) is 13.6. The summed E-state index contributed by atoms with van der Waals surface area (Å²) in [7, 11) is 2.13. The summed E-state index contributed by atoms with van der Waals surface area (Å²) in [6.07, 6.45) is 6.98. The number of carbonyl (C=O) groups excluding carboxylic acids is 2. The average molecular weight is 541 g/mol. The number of rotatable bonds is 2. The molecule has 3 aromatic rings. The minimum absolute atomic E-state index is 0.0671. The van der Waals surface area contributed by atoms with Crippen molar-refractivity contribution in [3.63, 3.8) is 0 Å². The molecule has 0 aliphatic carbocycles. The number of aromatic nitrogens is 3. The Kier molecular flexibility index (Phi) is 7.79. The number of fused-ring (bicyclic) bond motifs is 4. The summed E-state index contributed by atoms with van der Waals surface area (Å²) in [6.45, 7) is 8.85. The van der Waals surface area contributed by atoms with Gasteiger partial charge in [-0.2, -0.15) is 4.98 Å². The van der Waals surface area contributed by atoms with Gasteiger partial charge >= 0.3 is 0 Å². The molecule has 2 aromatic heterocycles. The molecule has 3 N–H and O–H groups in total. The van der Waals surface area contributed by atoms with E-state index in [1.165, 1.54) is 24.2 Å². The Balaban J connectivity index is 1.48. The molecule has 2 aliphatic heterocycles. The van der Waals surface area contributed by atoms with Gasteiger partial charge < -0.3 is 20.9 Å². The molecule has 2 bridgehead atoms. The van der Waals surface area contributed by atoms with Crippen molar-refractivity contribution >= 4 is 40.9 Å². The molecular weight excluding hydrogens is 504 g/mol. The van der Waals surface area contributed by atoms with Crippen LogP contribution in [0, 0.1) is 0 Å². The van der Waals surface area contributed by atoms with Crippen molar-refractivity contribution in [3.8, 4) is 0 Å². The van der Waals surface area contributed by atoms with Gasteiger partial charge in [0.05, 0.1) is 0 Å². The zero-order chi connectivity index (χ0) is 28.3. The van der Waals surface area contributed by atoms with Gasteiger partial charge in [0.1, 0.15) is 23.0 Å². The lowest BCUT2D eigenvalue weighted by Gasteiger charge is -2.38. The summed E-state index contributed by atoms with van der Waals surface area (Å²) in [5, 5.41) is 9.40. The Morgan fingerprint density at radius 2 is 1.98 bits per heavy atom. The topological polar surface area (TPSA) is 115 Å². The summed E-state index contributed by atoms with van der Waals surface area (Å²) < 4.78 is 0.